The molecule has 2 rings (SSSR count). The van der Waals surface area contributed by atoms with Crippen LogP contribution in [0.25, 0.3) is 0 Å². The molecule has 0 atom stereocenters. The highest BCUT2D eigenvalue weighted by Crippen LogP contribution is 2.34. The summed E-state index contributed by atoms with van der Waals surface area (Å²) >= 11 is 2.94. The first-order valence-corrected chi connectivity index (χ1v) is 8.22. The van der Waals surface area contributed by atoms with E-state index in [0.29, 0.717) is 5.69 Å². The molecule has 0 amide bonds. The molecule has 2 aromatic rings. The van der Waals surface area contributed by atoms with Gasteiger partial charge in [0.05, 0.1) is 4.90 Å². The molecular formula is C10H10N2O2S3. The number of rotatable bonds is 3. The molecule has 0 fully saturated rings. The summed E-state index contributed by atoms with van der Waals surface area (Å²) in [4.78, 5) is 5.18. The van der Waals surface area contributed by atoms with Crippen LogP contribution in [0.2, 0.25) is 0 Å². The number of benzene rings is 1. The number of hydrogen-bond acceptors (Lipinski definition) is 6. The molecule has 17 heavy (non-hydrogen) atoms. The van der Waals surface area contributed by atoms with E-state index in [0.717, 1.165) is 15.5 Å². The minimum absolute atomic E-state index is 0.235. The van der Waals surface area contributed by atoms with Gasteiger partial charge in [0.15, 0.2) is 14.2 Å². The lowest BCUT2D eigenvalue weighted by Crippen LogP contribution is -1.99. The summed E-state index contributed by atoms with van der Waals surface area (Å²) < 4.78 is 23.6. The Morgan fingerprint density at radius 2 is 2.18 bits per heavy atom. The molecule has 0 unspecified atom stereocenters. The predicted octanol–water partition coefficient (Wildman–Crippen LogP) is 2.28. The van der Waals surface area contributed by atoms with Crippen molar-refractivity contribution in [3.8, 4) is 0 Å². The summed E-state index contributed by atoms with van der Waals surface area (Å²) in [6.45, 7) is 0. The maximum Gasteiger partial charge on any atom is 0.175 e. The van der Waals surface area contributed by atoms with Gasteiger partial charge in [-0.25, -0.2) is 13.4 Å². The molecule has 0 radical (unpaired) electrons. The molecule has 0 saturated carbocycles. The zero-order chi connectivity index (χ0) is 12.5. The monoisotopic (exact) mass is 286 g/mol. The van der Waals surface area contributed by atoms with Crippen molar-refractivity contribution in [2.75, 3.05) is 12.0 Å². The third-order valence-corrected chi connectivity index (χ3v) is 5.10. The standard InChI is InChI=1S/C10H10N2O2S3/c1-17(13,14)7-2-3-9(8(11)6-7)16-10-12-4-5-15-10/h2-6H,11H2,1H3. The second-order valence-corrected chi connectivity index (χ2v) is 7.57. The first-order chi connectivity index (χ1) is 7.97. The Morgan fingerprint density at radius 1 is 1.41 bits per heavy atom. The Labute approximate surface area is 108 Å². The normalized spacial score (nSPS) is 11.6. The maximum absolute atomic E-state index is 11.3. The van der Waals surface area contributed by atoms with Crippen LogP contribution in [0.3, 0.4) is 0 Å². The lowest BCUT2D eigenvalue weighted by molar-refractivity contribution is 0.602. The summed E-state index contributed by atoms with van der Waals surface area (Å²) in [5.41, 5.74) is 6.28. The zero-order valence-corrected chi connectivity index (χ0v) is 11.4. The number of nitrogens with two attached hydrogens (primary N) is 1. The summed E-state index contributed by atoms with van der Waals surface area (Å²) in [5.74, 6) is 0. The van der Waals surface area contributed by atoms with Gasteiger partial charge in [-0.05, 0) is 18.2 Å². The summed E-state index contributed by atoms with van der Waals surface area (Å²) in [5, 5.41) is 1.88. The van der Waals surface area contributed by atoms with Gasteiger partial charge in [0.25, 0.3) is 0 Å². The van der Waals surface area contributed by atoms with Crippen LogP contribution in [0.15, 0.2) is 43.9 Å². The molecule has 1 aromatic heterocycles. The van der Waals surface area contributed by atoms with Crippen LogP contribution >= 0.6 is 23.1 Å². The smallest absolute Gasteiger partial charge is 0.175 e. The van der Waals surface area contributed by atoms with Crippen molar-refractivity contribution < 1.29 is 8.42 Å². The average molecular weight is 286 g/mol. The topological polar surface area (TPSA) is 73.0 Å². The number of nitrogen functional groups attached to an aromatic ring is 1. The van der Waals surface area contributed by atoms with Gasteiger partial charge >= 0.3 is 0 Å². The molecule has 0 aliphatic rings. The lowest BCUT2D eigenvalue weighted by atomic mass is 10.3. The van der Waals surface area contributed by atoms with Gasteiger partial charge in [0.2, 0.25) is 0 Å². The van der Waals surface area contributed by atoms with Crippen LogP contribution in [0.1, 0.15) is 0 Å². The average Bonchev–Trinajstić information content (AvgIpc) is 2.72. The van der Waals surface area contributed by atoms with Crippen molar-refractivity contribution in [1.29, 1.82) is 0 Å². The third kappa shape index (κ3) is 2.99. The van der Waals surface area contributed by atoms with E-state index < -0.39 is 9.84 Å². The Hall–Kier alpha value is -1.05. The number of hydrogen-bond donors (Lipinski definition) is 1. The highest BCUT2D eigenvalue weighted by atomic mass is 32.2. The van der Waals surface area contributed by atoms with E-state index in [9.17, 15) is 8.42 Å². The fourth-order valence-electron chi connectivity index (χ4n) is 1.20. The Balaban J connectivity index is 2.33. The number of sulfone groups is 1. The van der Waals surface area contributed by atoms with Crippen molar-refractivity contribution in [2.45, 2.75) is 14.1 Å². The summed E-state index contributed by atoms with van der Waals surface area (Å²) in [7, 11) is -3.21. The molecule has 0 bridgehead atoms. The van der Waals surface area contributed by atoms with Gasteiger partial charge in [0.1, 0.15) is 0 Å². The molecule has 90 valence electrons. The molecule has 0 saturated heterocycles. The van der Waals surface area contributed by atoms with Gasteiger partial charge in [-0.1, -0.05) is 11.8 Å². The van der Waals surface area contributed by atoms with Crippen LogP contribution in [0, 0.1) is 0 Å². The van der Waals surface area contributed by atoms with Crippen molar-refractivity contribution in [3.05, 3.63) is 29.8 Å². The highest BCUT2D eigenvalue weighted by Gasteiger charge is 2.10. The minimum atomic E-state index is -3.21. The molecule has 2 N–H and O–H groups in total. The number of aromatic nitrogens is 1. The van der Waals surface area contributed by atoms with E-state index in [1.165, 1.54) is 29.2 Å². The number of thiazole rings is 1. The van der Waals surface area contributed by atoms with E-state index >= 15 is 0 Å². The van der Waals surface area contributed by atoms with E-state index in [1.54, 1.807) is 18.3 Å². The SMILES string of the molecule is CS(=O)(=O)c1ccc(Sc2nccs2)c(N)c1. The van der Waals surface area contributed by atoms with Crippen LogP contribution < -0.4 is 5.73 Å². The maximum atomic E-state index is 11.3. The molecule has 0 aliphatic carbocycles. The molecule has 1 aromatic carbocycles. The van der Waals surface area contributed by atoms with E-state index in [2.05, 4.69) is 4.98 Å². The molecule has 1 heterocycles. The van der Waals surface area contributed by atoms with Gasteiger partial charge in [0, 0.05) is 28.4 Å². The summed E-state index contributed by atoms with van der Waals surface area (Å²) in [6.07, 6.45) is 2.88. The lowest BCUT2D eigenvalue weighted by Gasteiger charge is -2.05. The largest absolute Gasteiger partial charge is 0.398 e. The predicted molar refractivity (Wildman–Crippen MR) is 70.2 cm³/mol. The fourth-order valence-corrected chi connectivity index (χ4v) is 3.46. The zero-order valence-electron chi connectivity index (χ0n) is 8.95. The van der Waals surface area contributed by atoms with Crippen LogP contribution in [-0.4, -0.2) is 19.7 Å². The Morgan fingerprint density at radius 3 is 2.71 bits per heavy atom. The van der Waals surface area contributed by atoms with Crippen LogP contribution in [0.5, 0.6) is 0 Å². The van der Waals surface area contributed by atoms with Crippen molar-refractivity contribution in [3.63, 3.8) is 0 Å². The van der Waals surface area contributed by atoms with Gasteiger partial charge < -0.3 is 5.73 Å². The molecule has 0 spiro atoms. The van der Waals surface area contributed by atoms with Crippen molar-refractivity contribution >= 4 is 38.6 Å². The van der Waals surface area contributed by atoms with Crippen molar-refractivity contribution in [1.82, 2.24) is 4.98 Å². The highest BCUT2D eigenvalue weighted by molar-refractivity contribution is 8.01. The third-order valence-electron chi connectivity index (χ3n) is 2.02. The van der Waals surface area contributed by atoms with Gasteiger partial charge in [-0.3, -0.25) is 0 Å². The Bertz CT molecular complexity index is 621. The quantitative estimate of drug-likeness (QED) is 0.876. The second kappa shape index (κ2) is 4.67. The van der Waals surface area contributed by atoms with E-state index in [-0.39, 0.29) is 4.90 Å². The number of anilines is 1. The van der Waals surface area contributed by atoms with Gasteiger partial charge in [-0.2, -0.15) is 0 Å². The fraction of sp³-hybridized carbons (Fsp3) is 0.100. The number of nitrogens with zero attached hydrogens (tertiary/aromatic N) is 1. The van der Waals surface area contributed by atoms with E-state index in [1.807, 2.05) is 5.38 Å². The first kappa shape index (κ1) is 12.4. The Kier molecular flexibility index (Phi) is 3.41. The van der Waals surface area contributed by atoms with Gasteiger partial charge in [-0.15, -0.1) is 11.3 Å². The van der Waals surface area contributed by atoms with Crippen LogP contribution in [0.4, 0.5) is 5.69 Å². The minimum Gasteiger partial charge on any atom is -0.398 e. The second-order valence-electron chi connectivity index (χ2n) is 3.37. The van der Waals surface area contributed by atoms with E-state index in [4.69, 9.17) is 5.73 Å². The molecule has 0 aliphatic heterocycles. The summed E-state index contributed by atoms with van der Waals surface area (Å²) in [6, 6.07) is 4.74. The molecular weight excluding hydrogens is 276 g/mol. The van der Waals surface area contributed by atoms with Crippen LogP contribution in [-0.2, 0) is 9.84 Å². The first-order valence-electron chi connectivity index (χ1n) is 4.64. The molecule has 4 nitrogen and oxygen atoms in total. The van der Waals surface area contributed by atoms with Crippen molar-refractivity contribution in [2.24, 2.45) is 0 Å². The molecule has 7 heteroatoms.